The van der Waals surface area contributed by atoms with E-state index in [1.54, 1.807) is 0 Å². The van der Waals surface area contributed by atoms with Crippen molar-refractivity contribution in [2.75, 3.05) is 5.73 Å². The molecule has 3 nitrogen and oxygen atoms in total. The Morgan fingerprint density at radius 2 is 2.56 bits per heavy atom. The van der Waals surface area contributed by atoms with Crippen molar-refractivity contribution >= 4 is 5.82 Å². The molecular weight excluding hydrogens is 114 g/mol. The zero-order valence-electron chi connectivity index (χ0n) is 4.63. The van der Waals surface area contributed by atoms with Gasteiger partial charge in [0.15, 0.2) is 0 Å². The third-order valence-corrected chi connectivity index (χ3v) is 0.902. The van der Waals surface area contributed by atoms with Gasteiger partial charge in [0, 0.05) is 12.3 Å². The molecule has 0 aliphatic carbocycles. The van der Waals surface area contributed by atoms with Gasteiger partial charge in [0.2, 0.25) is 0 Å². The number of nitriles is 1. The molecule has 0 aliphatic heterocycles. The van der Waals surface area contributed by atoms with Crippen LogP contribution in [0.4, 0.5) is 5.82 Å². The first kappa shape index (κ1) is 5.57. The first-order chi connectivity index (χ1) is 4.34. The van der Waals surface area contributed by atoms with Gasteiger partial charge in [0.05, 0.1) is 5.56 Å². The summed E-state index contributed by atoms with van der Waals surface area (Å²) in [5.41, 5.74) is 5.65. The van der Waals surface area contributed by atoms with Gasteiger partial charge < -0.3 is 5.73 Å². The number of nitrogens with two attached hydrogens (primary N) is 1. The summed E-state index contributed by atoms with van der Waals surface area (Å²) in [4.78, 5) is 3.65. The van der Waals surface area contributed by atoms with Crippen LogP contribution in [0.5, 0.6) is 0 Å². The second-order valence-corrected chi connectivity index (χ2v) is 1.48. The highest BCUT2D eigenvalue weighted by Gasteiger charge is 1.93. The van der Waals surface area contributed by atoms with Gasteiger partial charge in [-0.25, -0.2) is 4.98 Å². The van der Waals surface area contributed by atoms with Crippen molar-refractivity contribution in [2.45, 2.75) is 0 Å². The Bertz CT molecular complexity index is 249. The molecule has 0 atom stereocenters. The normalized spacial score (nSPS) is 8.33. The van der Waals surface area contributed by atoms with Crippen molar-refractivity contribution in [3.63, 3.8) is 0 Å². The van der Waals surface area contributed by atoms with Crippen LogP contribution in [-0.2, 0) is 0 Å². The van der Waals surface area contributed by atoms with Gasteiger partial charge in [0.25, 0.3) is 0 Å². The van der Waals surface area contributed by atoms with Crippen molar-refractivity contribution < 1.29 is 0 Å². The van der Waals surface area contributed by atoms with E-state index >= 15 is 0 Å². The largest absolute Gasteiger partial charge is 0.383 e. The van der Waals surface area contributed by atoms with Gasteiger partial charge in [0.1, 0.15) is 11.9 Å². The molecule has 0 amide bonds. The maximum atomic E-state index is 8.33. The molecule has 0 aromatic carbocycles. The molecule has 0 unspecified atom stereocenters. The Balaban J connectivity index is 3.20. The number of nitrogens with zero attached hydrogens (tertiary/aromatic N) is 2. The van der Waals surface area contributed by atoms with Gasteiger partial charge in [-0.3, -0.25) is 0 Å². The summed E-state index contributed by atoms with van der Waals surface area (Å²) < 4.78 is 0. The molecule has 0 bridgehead atoms. The Morgan fingerprint density at radius 1 is 1.78 bits per heavy atom. The van der Waals surface area contributed by atoms with E-state index in [-0.39, 0.29) is 5.82 Å². The van der Waals surface area contributed by atoms with Crippen LogP contribution < -0.4 is 5.73 Å². The standard InChI is InChI=1S/C6H4N3/c7-4-5-2-1-3-9-6(5)8/h2-3H,(H2,8,9). The lowest BCUT2D eigenvalue weighted by Gasteiger charge is -1.89. The van der Waals surface area contributed by atoms with Crippen LogP contribution >= 0.6 is 0 Å². The fourth-order valence-electron chi connectivity index (χ4n) is 0.460. The Labute approximate surface area is 52.7 Å². The van der Waals surface area contributed by atoms with Crippen molar-refractivity contribution in [2.24, 2.45) is 0 Å². The predicted octanol–water partition coefficient (Wildman–Crippen LogP) is 0.336. The minimum absolute atomic E-state index is 0.260. The Kier molecular flexibility index (Phi) is 1.32. The monoisotopic (exact) mass is 118 g/mol. The van der Waals surface area contributed by atoms with Crippen molar-refractivity contribution in [3.05, 3.63) is 23.9 Å². The van der Waals surface area contributed by atoms with Crippen molar-refractivity contribution in [1.29, 1.82) is 5.26 Å². The minimum atomic E-state index is 0.260. The maximum absolute atomic E-state index is 8.33. The molecule has 1 radical (unpaired) electrons. The van der Waals surface area contributed by atoms with E-state index in [9.17, 15) is 0 Å². The summed E-state index contributed by atoms with van der Waals surface area (Å²) in [6, 6.07) is 6.02. The van der Waals surface area contributed by atoms with E-state index in [4.69, 9.17) is 11.0 Å². The molecule has 3 heteroatoms. The van der Waals surface area contributed by atoms with E-state index in [1.807, 2.05) is 6.07 Å². The second-order valence-electron chi connectivity index (χ2n) is 1.48. The van der Waals surface area contributed by atoms with E-state index in [2.05, 4.69) is 11.1 Å². The van der Waals surface area contributed by atoms with Crippen molar-refractivity contribution in [3.8, 4) is 6.07 Å². The van der Waals surface area contributed by atoms with Gasteiger partial charge in [-0.15, -0.1) is 0 Å². The van der Waals surface area contributed by atoms with Crippen LogP contribution in [-0.4, -0.2) is 4.98 Å². The lowest BCUT2D eigenvalue weighted by atomic mass is 10.3. The summed E-state index contributed by atoms with van der Waals surface area (Å²) in [6.45, 7) is 0. The zero-order chi connectivity index (χ0) is 6.69. The summed E-state index contributed by atoms with van der Waals surface area (Å²) in [6.07, 6.45) is 1.43. The number of nitrogen functional groups attached to an aromatic ring is 1. The van der Waals surface area contributed by atoms with Gasteiger partial charge in [-0.1, -0.05) is 0 Å². The number of hydrogen-bond acceptors (Lipinski definition) is 3. The smallest absolute Gasteiger partial charge is 0.141 e. The van der Waals surface area contributed by atoms with E-state index < -0.39 is 0 Å². The van der Waals surface area contributed by atoms with E-state index in [0.29, 0.717) is 5.56 Å². The van der Waals surface area contributed by atoms with Crippen LogP contribution in [0, 0.1) is 17.4 Å². The Morgan fingerprint density at radius 3 is 3.00 bits per heavy atom. The molecule has 0 aliphatic rings. The Hall–Kier alpha value is -1.56. The quantitative estimate of drug-likeness (QED) is 0.534. The highest BCUT2D eigenvalue weighted by atomic mass is 14.8. The molecule has 2 N–H and O–H groups in total. The third kappa shape index (κ3) is 0.970. The molecule has 9 heavy (non-hydrogen) atoms. The first-order valence-corrected chi connectivity index (χ1v) is 2.36. The minimum Gasteiger partial charge on any atom is -0.383 e. The van der Waals surface area contributed by atoms with Crippen LogP contribution in [0.15, 0.2) is 12.3 Å². The van der Waals surface area contributed by atoms with Gasteiger partial charge in [-0.05, 0) is 6.07 Å². The average Bonchev–Trinajstić information content (AvgIpc) is 1.89. The maximum Gasteiger partial charge on any atom is 0.141 e. The zero-order valence-corrected chi connectivity index (χ0v) is 4.63. The summed E-state index contributed by atoms with van der Waals surface area (Å²) >= 11 is 0. The predicted molar refractivity (Wildman–Crippen MR) is 32.2 cm³/mol. The molecule has 0 spiro atoms. The molecule has 43 valence electrons. The van der Waals surface area contributed by atoms with Crippen LogP contribution in [0.25, 0.3) is 0 Å². The van der Waals surface area contributed by atoms with E-state index in [0.717, 1.165) is 0 Å². The molecular formula is C6H4N3. The topological polar surface area (TPSA) is 62.7 Å². The van der Waals surface area contributed by atoms with Gasteiger partial charge in [-0.2, -0.15) is 5.26 Å². The molecule has 1 aromatic heterocycles. The highest BCUT2D eigenvalue weighted by Crippen LogP contribution is 2.02. The molecule has 1 heterocycles. The first-order valence-electron chi connectivity index (χ1n) is 2.36. The number of anilines is 1. The highest BCUT2D eigenvalue weighted by molar-refractivity contribution is 5.46. The lowest BCUT2D eigenvalue weighted by Crippen LogP contribution is -1.92. The molecule has 0 fully saturated rings. The lowest BCUT2D eigenvalue weighted by molar-refractivity contribution is 1.31. The van der Waals surface area contributed by atoms with Crippen LogP contribution in [0.1, 0.15) is 5.56 Å². The fraction of sp³-hybridized carbons (Fsp3) is 0. The van der Waals surface area contributed by atoms with E-state index in [1.165, 1.54) is 12.3 Å². The molecule has 1 aromatic rings. The molecule has 0 saturated carbocycles. The summed E-state index contributed by atoms with van der Waals surface area (Å²) in [5.74, 6) is 0.260. The van der Waals surface area contributed by atoms with Crippen LogP contribution in [0.2, 0.25) is 0 Å². The summed E-state index contributed by atoms with van der Waals surface area (Å²) in [7, 11) is 0. The number of aromatic nitrogens is 1. The van der Waals surface area contributed by atoms with Crippen LogP contribution in [0.3, 0.4) is 0 Å². The molecule has 1 rings (SSSR count). The SMILES string of the molecule is N#Cc1c[c]cnc1N. The third-order valence-electron chi connectivity index (χ3n) is 0.902. The van der Waals surface area contributed by atoms with Crippen molar-refractivity contribution in [1.82, 2.24) is 4.98 Å². The number of hydrogen-bond donors (Lipinski definition) is 1. The number of rotatable bonds is 0. The van der Waals surface area contributed by atoms with Gasteiger partial charge >= 0.3 is 0 Å². The summed E-state index contributed by atoms with van der Waals surface area (Å²) in [5, 5.41) is 8.33. The fourth-order valence-corrected chi connectivity index (χ4v) is 0.460. The average molecular weight is 118 g/mol. The molecule has 0 saturated heterocycles. The second kappa shape index (κ2) is 2.14. The number of pyridine rings is 1.